The highest BCUT2D eigenvalue weighted by atomic mass is 32.1. The van der Waals surface area contributed by atoms with Crippen LogP contribution in [0.15, 0.2) is 0 Å². The first-order chi connectivity index (χ1) is 11.9. The van der Waals surface area contributed by atoms with Gasteiger partial charge in [-0.05, 0) is 55.9 Å². The lowest BCUT2D eigenvalue weighted by Crippen LogP contribution is -2.27. The SMILES string of the molecule is CCCCCCC(C(C)CCN(C)S)C(CC)CC(CC)C(C)CC. The van der Waals surface area contributed by atoms with E-state index in [1.807, 2.05) is 0 Å². The van der Waals surface area contributed by atoms with Gasteiger partial charge in [-0.2, -0.15) is 0 Å². The maximum atomic E-state index is 4.46. The molecule has 152 valence electrons. The van der Waals surface area contributed by atoms with Gasteiger partial charge in [0.15, 0.2) is 0 Å². The Hall–Kier alpha value is 0.310. The Bertz CT molecular complexity index is 292. The van der Waals surface area contributed by atoms with Crippen LogP contribution in [0.5, 0.6) is 0 Å². The first kappa shape index (κ1) is 25.3. The molecule has 0 saturated carbocycles. The van der Waals surface area contributed by atoms with Crippen LogP contribution in [0.4, 0.5) is 0 Å². The number of nitrogens with zero attached hydrogens (tertiary/aromatic N) is 1. The van der Waals surface area contributed by atoms with Gasteiger partial charge < -0.3 is 0 Å². The second-order valence-electron chi connectivity index (χ2n) is 8.62. The predicted molar refractivity (Wildman–Crippen MR) is 119 cm³/mol. The summed E-state index contributed by atoms with van der Waals surface area (Å²) >= 11 is 4.46. The molecule has 25 heavy (non-hydrogen) atoms. The van der Waals surface area contributed by atoms with Crippen molar-refractivity contribution in [1.82, 2.24) is 4.31 Å². The van der Waals surface area contributed by atoms with Crippen molar-refractivity contribution in [2.45, 2.75) is 106 Å². The quantitative estimate of drug-likeness (QED) is 0.213. The van der Waals surface area contributed by atoms with E-state index in [2.05, 4.69) is 65.7 Å². The Morgan fingerprint density at radius 3 is 1.88 bits per heavy atom. The minimum absolute atomic E-state index is 0.815. The van der Waals surface area contributed by atoms with E-state index in [1.165, 1.54) is 64.2 Å². The number of thiol groups is 1. The number of hydrogen-bond acceptors (Lipinski definition) is 2. The fourth-order valence-electron chi connectivity index (χ4n) is 4.56. The lowest BCUT2D eigenvalue weighted by molar-refractivity contribution is 0.149. The molecule has 0 N–H and O–H groups in total. The van der Waals surface area contributed by atoms with E-state index in [0.717, 1.165) is 36.1 Å². The maximum Gasteiger partial charge on any atom is 0.00865 e. The van der Waals surface area contributed by atoms with Crippen molar-refractivity contribution in [3.05, 3.63) is 0 Å². The third-order valence-electron chi connectivity index (χ3n) is 6.74. The van der Waals surface area contributed by atoms with Crippen molar-refractivity contribution in [2.75, 3.05) is 13.6 Å². The van der Waals surface area contributed by atoms with Gasteiger partial charge in [0, 0.05) is 6.54 Å². The van der Waals surface area contributed by atoms with Crippen LogP contribution < -0.4 is 0 Å². The Kier molecular flexibility index (Phi) is 15.6. The molecule has 0 aliphatic carbocycles. The van der Waals surface area contributed by atoms with Crippen molar-refractivity contribution < 1.29 is 0 Å². The van der Waals surface area contributed by atoms with E-state index in [0.29, 0.717) is 0 Å². The molecule has 0 aliphatic heterocycles. The summed E-state index contributed by atoms with van der Waals surface area (Å²) in [6, 6.07) is 0. The monoisotopic (exact) mass is 371 g/mol. The summed E-state index contributed by atoms with van der Waals surface area (Å²) in [6.45, 7) is 15.6. The minimum atomic E-state index is 0.815. The van der Waals surface area contributed by atoms with Crippen LogP contribution >= 0.6 is 12.8 Å². The standard InChI is InChI=1S/C23H49NS/c1-8-12-13-14-15-23(20(6)16-17-24(7)25)22(11-4)18-21(10-3)19(5)9-2/h19-23,25H,8-18H2,1-7H3. The zero-order chi connectivity index (χ0) is 19.2. The molecule has 0 rings (SSSR count). The van der Waals surface area contributed by atoms with E-state index in [1.54, 1.807) is 0 Å². The molecule has 5 atom stereocenters. The second-order valence-corrected chi connectivity index (χ2v) is 9.30. The summed E-state index contributed by atoms with van der Waals surface area (Å²) in [5.41, 5.74) is 0. The van der Waals surface area contributed by atoms with Crippen LogP contribution in [-0.4, -0.2) is 17.9 Å². The first-order valence-corrected chi connectivity index (χ1v) is 11.7. The molecule has 0 aliphatic rings. The van der Waals surface area contributed by atoms with Gasteiger partial charge in [-0.15, -0.1) is 0 Å². The van der Waals surface area contributed by atoms with Gasteiger partial charge in [-0.1, -0.05) is 99.3 Å². The highest BCUT2D eigenvalue weighted by molar-refractivity contribution is 7.77. The Morgan fingerprint density at radius 2 is 1.40 bits per heavy atom. The summed E-state index contributed by atoms with van der Waals surface area (Å²) in [5.74, 6) is 4.40. The topological polar surface area (TPSA) is 3.24 Å². The summed E-state index contributed by atoms with van der Waals surface area (Å²) < 4.78 is 2.06. The van der Waals surface area contributed by atoms with E-state index < -0.39 is 0 Å². The fraction of sp³-hybridized carbons (Fsp3) is 1.00. The Morgan fingerprint density at radius 1 is 0.760 bits per heavy atom. The van der Waals surface area contributed by atoms with Gasteiger partial charge in [0.1, 0.15) is 0 Å². The number of unbranched alkanes of at least 4 members (excludes halogenated alkanes) is 3. The molecule has 0 amide bonds. The molecule has 0 bridgehead atoms. The van der Waals surface area contributed by atoms with Crippen LogP contribution in [0, 0.1) is 29.6 Å². The van der Waals surface area contributed by atoms with Gasteiger partial charge >= 0.3 is 0 Å². The lowest BCUT2D eigenvalue weighted by Gasteiger charge is -2.36. The van der Waals surface area contributed by atoms with Crippen LogP contribution in [0.25, 0.3) is 0 Å². The highest BCUT2D eigenvalue weighted by Crippen LogP contribution is 2.38. The van der Waals surface area contributed by atoms with Crippen LogP contribution in [0.1, 0.15) is 106 Å². The molecule has 0 spiro atoms. The first-order valence-electron chi connectivity index (χ1n) is 11.3. The normalized spacial score (nSPS) is 18.1. The van der Waals surface area contributed by atoms with Crippen LogP contribution in [0.2, 0.25) is 0 Å². The third-order valence-corrected chi connectivity index (χ3v) is 6.94. The molecule has 2 heteroatoms. The van der Waals surface area contributed by atoms with Gasteiger partial charge in [0.25, 0.3) is 0 Å². The largest absolute Gasteiger partial charge is 0.256 e. The molecule has 0 aromatic carbocycles. The van der Waals surface area contributed by atoms with Crippen LogP contribution in [-0.2, 0) is 0 Å². The second kappa shape index (κ2) is 15.4. The molecular weight excluding hydrogens is 322 g/mol. The number of rotatable bonds is 16. The molecule has 0 fully saturated rings. The van der Waals surface area contributed by atoms with Crippen molar-refractivity contribution in [2.24, 2.45) is 29.6 Å². The van der Waals surface area contributed by atoms with Gasteiger partial charge in [-0.25, -0.2) is 0 Å². The molecule has 5 unspecified atom stereocenters. The fourth-order valence-corrected chi connectivity index (χ4v) is 4.68. The van der Waals surface area contributed by atoms with Crippen molar-refractivity contribution in [1.29, 1.82) is 0 Å². The van der Waals surface area contributed by atoms with Gasteiger partial charge in [-0.3, -0.25) is 4.31 Å². The lowest BCUT2D eigenvalue weighted by atomic mass is 9.70. The molecule has 0 aromatic rings. The molecule has 1 nitrogen and oxygen atoms in total. The Balaban J connectivity index is 4.94. The highest BCUT2D eigenvalue weighted by Gasteiger charge is 2.28. The predicted octanol–water partition coefficient (Wildman–Crippen LogP) is 7.86. The molecule has 0 radical (unpaired) electrons. The zero-order valence-corrected chi connectivity index (χ0v) is 19.5. The smallest absolute Gasteiger partial charge is 0.00865 e. The summed E-state index contributed by atoms with van der Waals surface area (Å²) in [7, 11) is 2.08. The molecule has 0 saturated heterocycles. The van der Waals surface area contributed by atoms with E-state index in [-0.39, 0.29) is 0 Å². The molecule has 0 aromatic heterocycles. The average Bonchev–Trinajstić information content (AvgIpc) is 2.61. The third kappa shape index (κ3) is 10.9. The van der Waals surface area contributed by atoms with E-state index >= 15 is 0 Å². The van der Waals surface area contributed by atoms with Crippen LogP contribution in [0.3, 0.4) is 0 Å². The molecular formula is C23H49NS. The van der Waals surface area contributed by atoms with Gasteiger partial charge in [0.2, 0.25) is 0 Å². The maximum absolute atomic E-state index is 4.46. The van der Waals surface area contributed by atoms with E-state index in [9.17, 15) is 0 Å². The average molecular weight is 372 g/mol. The number of hydrogen-bond donors (Lipinski definition) is 1. The summed E-state index contributed by atoms with van der Waals surface area (Å²) in [5, 5.41) is 0. The zero-order valence-electron chi connectivity index (χ0n) is 18.6. The van der Waals surface area contributed by atoms with Crippen molar-refractivity contribution in [3.63, 3.8) is 0 Å². The van der Waals surface area contributed by atoms with Crippen molar-refractivity contribution in [3.8, 4) is 0 Å². The summed E-state index contributed by atoms with van der Waals surface area (Å²) in [6.07, 6.45) is 13.8. The Labute approximate surface area is 166 Å². The summed E-state index contributed by atoms with van der Waals surface area (Å²) in [4.78, 5) is 0. The van der Waals surface area contributed by atoms with Crippen molar-refractivity contribution >= 4 is 12.8 Å². The molecule has 0 heterocycles. The van der Waals surface area contributed by atoms with Gasteiger partial charge in [0.05, 0.1) is 0 Å². The minimum Gasteiger partial charge on any atom is -0.256 e. The van der Waals surface area contributed by atoms with E-state index in [4.69, 9.17) is 0 Å².